The summed E-state index contributed by atoms with van der Waals surface area (Å²) in [6.45, 7) is 5.76. The maximum atomic E-state index is 6.03. The number of hydrogen-bond acceptors (Lipinski definition) is 5. The van der Waals surface area contributed by atoms with Crippen molar-refractivity contribution in [2.24, 2.45) is 0 Å². The Morgan fingerprint density at radius 3 is 1.54 bits per heavy atom. The summed E-state index contributed by atoms with van der Waals surface area (Å²) < 4.78 is 12.1. The molecular weight excluding hydrogens is 489 g/mol. The summed E-state index contributed by atoms with van der Waals surface area (Å²) in [6, 6.07) is 9.05. The van der Waals surface area contributed by atoms with Crippen LogP contribution in [-0.4, -0.2) is 13.2 Å². The SMILES string of the molecule is CCCCCCc1ccc(/C=C/c2sc(/C=C/c3ccc(CCCCCC)s3)c3c2OCCO3)s1. The zero-order chi connectivity index (χ0) is 24.3. The molecule has 1 aliphatic heterocycles. The van der Waals surface area contributed by atoms with E-state index >= 15 is 0 Å². The molecule has 0 unspecified atom stereocenters. The van der Waals surface area contributed by atoms with Crippen molar-refractivity contribution >= 4 is 58.3 Å². The molecule has 2 nitrogen and oxygen atoms in total. The molecular formula is C30H38O2S3. The highest BCUT2D eigenvalue weighted by molar-refractivity contribution is 7.15. The molecule has 0 fully saturated rings. The van der Waals surface area contributed by atoms with Gasteiger partial charge < -0.3 is 9.47 Å². The third-order valence-corrected chi connectivity index (χ3v) is 9.47. The number of unbranched alkanes of at least 4 members (excludes halogenated alkanes) is 6. The Morgan fingerprint density at radius 1 is 0.600 bits per heavy atom. The standard InChI is InChI=1S/C30H38O2S3/c1-3-5-7-9-11-23-13-15-25(33-23)17-19-27-29-30(32-22-21-31-29)28(35-27)20-18-26-16-14-24(34-26)12-10-8-6-4-2/h13-20H,3-12,21-22H2,1-2H3/b19-17+,20-18+. The first-order valence-corrected chi connectivity index (χ1v) is 15.7. The summed E-state index contributed by atoms with van der Waals surface area (Å²) in [5.74, 6) is 1.80. The second-order valence-electron chi connectivity index (χ2n) is 9.08. The van der Waals surface area contributed by atoms with Crippen LogP contribution in [0.4, 0.5) is 0 Å². The molecule has 3 aromatic rings. The molecule has 5 heteroatoms. The molecule has 0 bridgehead atoms. The molecule has 4 heterocycles. The predicted octanol–water partition coefficient (Wildman–Crippen LogP) is 10.2. The van der Waals surface area contributed by atoms with Crippen molar-refractivity contribution in [2.75, 3.05) is 13.2 Å². The Labute approximate surface area is 223 Å². The molecule has 0 atom stereocenters. The normalized spacial score (nSPS) is 13.4. The molecule has 0 saturated heterocycles. The van der Waals surface area contributed by atoms with E-state index in [0.29, 0.717) is 13.2 Å². The van der Waals surface area contributed by atoms with Crippen LogP contribution in [0.1, 0.15) is 94.5 Å². The van der Waals surface area contributed by atoms with Crippen LogP contribution in [0.2, 0.25) is 0 Å². The number of thiophene rings is 3. The Morgan fingerprint density at radius 2 is 1.09 bits per heavy atom. The van der Waals surface area contributed by atoms with E-state index in [2.05, 4.69) is 62.4 Å². The monoisotopic (exact) mass is 526 g/mol. The van der Waals surface area contributed by atoms with E-state index in [1.54, 1.807) is 11.3 Å². The Bertz CT molecular complexity index is 1010. The number of rotatable bonds is 14. The minimum atomic E-state index is 0.612. The number of aryl methyl sites for hydroxylation is 2. The summed E-state index contributed by atoms with van der Waals surface area (Å²) >= 11 is 5.56. The fraction of sp³-hybridized carbons (Fsp3) is 0.467. The van der Waals surface area contributed by atoms with E-state index in [4.69, 9.17) is 9.47 Å². The lowest BCUT2D eigenvalue weighted by Crippen LogP contribution is -2.14. The van der Waals surface area contributed by atoms with Crippen molar-refractivity contribution in [1.29, 1.82) is 0 Å². The van der Waals surface area contributed by atoms with Gasteiger partial charge >= 0.3 is 0 Å². The highest BCUT2D eigenvalue weighted by atomic mass is 32.1. The van der Waals surface area contributed by atoms with Crippen molar-refractivity contribution in [3.63, 3.8) is 0 Å². The van der Waals surface area contributed by atoms with Crippen LogP contribution in [-0.2, 0) is 12.8 Å². The zero-order valence-electron chi connectivity index (χ0n) is 21.1. The maximum Gasteiger partial charge on any atom is 0.180 e. The van der Waals surface area contributed by atoms with Gasteiger partial charge in [0.1, 0.15) is 13.2 Å². The Kier molecular flexibility index (Phi) is 10.5. The topological polar surface area (TPSA) is 18.5 Å². The first-order chi connectivity index (χ1) is 17.3. The van der Waals surface area contributed by atoms with Gasteiger partial charge in [0.2, 0.25) is 0 Å². The summed E-state index contributed by atoms with van der Waals surface area (Å²) in [6.07, 6.45) is 21.8. The summed E-state index contributed by atoms with van der Waals surface area (Å²) in [5, 5.41) is 0. The molecule has 0 aliphatic carbocycles. The van der Waals surface area contributed by atoms with Crippen LogP contribution in [0, 0.1) is 0 Å². The number of hydrogen-bond donors (Lipinski definition) is 0. The van der Waals surface area contributed by atoms with Gasteiger partial charge in [-0.1, -0.05) is 52.4 Å². The zero-order valence-corrected chi connectivity index (χ0v) is 23.6. The van der Waals surface area contributed by atoms with Gasteiger partial charge in [-0.2, -0.15) is 0 Å². The minimum Gasteiger partial charge on any atom is -0.485 e. The van der Waals surface area contributed by atoms with Gasteiger partial charge in [0.15, 0.2) is 11.5 Å². The summed E-state index contributed by atoms with van der Waals surface area (Å²) in [5.41, 5.74) is 0. The third kappa shape index (κ3) is 7.83. The van der Waals surface area contributed by atoms with E-state index in [1.807, 2.05) is 22.7 Å². The third-order valence-electron chi connectivity index (χ3n) is 6.17. The molecule has 0 spiro atoms. The van der Waals surface area contributed by atoms with Crippen molar-refractivity contribution in [2.45, 2.75) is 78.1 Å². The van der Waals surface area contributed by atoms with Crippen LogP contribution in [0.25, 0.3) is 24.3 Å². The van der Waals surface area contributed by atoms with Gasteiger partial charge in [0.25, 0.3) is 0 Å². The van der Waals surface area contributed by atoms with Crippen molar-refractivity contribution in [1.82, 2.24) is 0 Å². The second-order valence-corrected chi connectivity index (χ2v) is 12.6. The fourth-order valence-corrected chi connectivity index (χ4v) is 7.13. The van der Waals surface area contributed by atoms with E-state index in [9.17, 15) is 0 Å². The highest BCUT2D eigenvalue weighted by Crippen LogP contribution is 2.46. The van der Waals surface area contributed by atoms with Crippen LogP contribution >= 0.6 is 34.0 Å². The molecule has 188 valence electrons. The van der Waals surface area contributed by atoms with E-state index < -0.39 is 0 Å². The van der Waals surface area contributed by atoms with Gasteiger partial charge in [0.05, 0.1) is 9.75 Å². The molecule has 0 amide bonds. The minimum absolute atomic E-state index is 0.612. The van der Waals surface area contributed by atoms with Crippen LogP contribution in [0.5, 0.6) is 11.5 Å². The van der Waals surface area contributed by atoms with E-state index in [1.165, 1.54) is 83.7 Å². The molecule has 0 aromatic carbocycles. The number of ether oxygens (including phenoxy) is 2. The average molecular weight is 527 g/mol. The molecule has 35 heavy (non-hydrogen) atoms. The van der Waals surface area contributed by atoms with E-state index in [-0.39, 0.29) is 0 Å². The van der Waals surface area contributed by atoms with Gasteiger partial charge in [-0.3, -0.25) is 0 Å². The number of fused-ring (bicyclic) bond motifs is 1. The van der Waals surface area contributed by atoms with Crippen molar-refractivity contribution < 1.29 is 9.47 Å². The lowest BCUT2D eigenvalue weighted by atomic mass is 10.1. The largest absolute Gasteiger partial charge is 0.485 e. The van der Waals surface area contributed by atoms with E-state index in [0.717, 1.165) is 21.3 Å². The molecule has 3 aromatic heterocycles. The lowest BCUT2D eigenvalue weighted by molar-refractivity contribution is 0.173. The Hall–Kier alpha value is -1.82. The van der Waals surface area contributed by atoms with Crippen molar-refractivity contribution in [3.05, 3.63) is 53.5 Å². The molecule has 0 radical (unpaired) electrons. The fourth-order valence-electron chi connectivity index (χ4n) is 4.22. The summed E-state index contributed by atoms with van der Waals surface area (Å²) in [4.78, 5) is 7.85. The highest BCUT2D eigenvalue weighted by Gasteiger charge is 2.22. The molecule has 4 rings (SSSR count). The first-order valence-electron chi connectivity index (χ1n) is 13.2. The van der Waals surface area contributed by atoms with Crippen molar-refractivity contribution in [3.8, 4) is 11.5 Å². The predicted molar refractivity (Wildman–Crippen MR) is 157 cm³/mol. The quantitative estimate of drug-likeness (QED) is 0.195. The average Bonchev–Trinajstić information content (AvgIpc) is 3.61. The molecule has 0 saturated carbocycles. The first kappa shape index (κ1) is 26.2. The van der Waals surface area contributed by atoms with Gasteiger partial charge in [-0.15, -0.1) is 34.0 Å². The molecule has 1 aliphatic rings. The maximum absolute atomic E-state index is 6.03. The van der Waals surface area contributed by atoms with Crippen LogP contribution in [0.15, 0.2) is 24.3 Å². The second kappa shape index (κ2) is 14.1. The molecule has 0 N–H and O–H groups in total. The Balaban J connectivity index is 1.41. The van der Waals surface area contributed by atoms with Gasteiger partial charge in [-0.25, -0.2) is 0 Å². The smallest absolute Gasteiger partial charge is 0.180 e. The summed E-state index contributed by atoms with van der Waals surface area (Å²) in [7, 11) is 0. The van der Waals surface area contributed by atoms with Crippen LogP contribution in [0.3, 0.4) is 0 Å². The van der Waals surface area contributed by atoms with Gasteiger partial charge in [-0.05, 0) is 74.3 Å². The van der Waals surface area contributed by atoms with Crippen LogP contribution < -0.4 is 9.47 Å². The van der Waals surface area contributed by atoms with Gasteiger partial charge in [0, 0.05) is 19.5 Å². The lowest BCUT2D eigenvalue weighted by Gasteiger charge is -2.16.